The van der Waals surface area contributed by atoms with E-state index in [2.05, 4.69) is 13.8 Å². The lowest BCUT2D eigenvalue weighted by Gasteiger charge is -2.36. The molecule has 98 valence electrons. The molecule has 0 aromatic carbocycles. The van der Waals surface area contributed by atoms with E-state index in [0.717, 1.165) is 6.42 Å². The van der Waals surface area contributed by atoms with E-state index >= 15 is 0 Å². The first kappa shape index (κ1) is 14.0. The fraction of sp³-hybridized carbons (Fsp3) is 0.846. The number of carboxylic acid groups (broad SMARTS) is 1. The van der Waals surface area contributed by atoms with E-state index < -0.39 is 5.97 Å². The van der Waals surface area contributed by atoms with Crippen molar-refractivity contribution in [1.82, 2.24) is 4.90 Å². The normalized spacial score (nSPS) is 26.6. The Morgan fingerprint density at radius 1 is 1.47 bits per heavy atom. The molecule has 0 saturated carbocycles. The van der Waals surface area contributed by atoms with Crippen LogP contribution in [0.3, 0.4) is 0 Å². The van der Waals surface area contributed by atoms with Crippen molar-refractivity contribution in [2.24, 2.45) is 11.8 Å². The molecule has 0 radical (unpaired) electrons. The number of amides is 1. The van der Waals surface area contributed by atoms with Gasteiger partial charge in [0.15, 0.2) is 0 Å². The molecule has 4 heteroatoms. The number of carboxylic acids is 1. The van der Waals surface area contributed by atoms with Crippen molar-refractivity contribution >= 4 is 11.9 Å². The molecule has 0 bridgehead atoms. The van der Waals surface area contributed by atoms with Crippen molar-refractivity contribution in [1.29, 1.82) is 0 Å². The van der Waals surface area contributed by atoms with E-state index in [4.69, 9.17) is 5.11 Å². The Bertz CT molecular complexity index is 290. The lowest BCUT2D eigenvalue weighted by atomic mass is 9.91. The Morgan fingerprint density at radius 3 is 2.59 bits per heavy atom. The zero-order valence-corrected chi connectivity index (χ0v) is 11.0. The SMILES string of the molecule is CCC(C)CC(=O)N1CCC(C(=O)O)CC1C. The zero-order valence-electron chi connectivity index (χ0n) is 11.0. The van der Waals surface area contributed by atoms with E-state index in [1.54, 1.807) is 0 Å². The molecule has 3 unspecified atom stereocenters. The number of hydrogen-bond donors (Lipinski definition) is 1. The molecule has 1 aliphatic rings. The second-order valence-corrected chi connectivity index (χ2v) is 5.21. The number of aliphatic carboxylic acids is 1. The third kappa shape index (κ3) is 3.72. The van der Waals surface area contributed by atoms with Crippen LogP contribution in [0.25, 0.3) is 0 Å². The van der Waals surface area contributed by atoms with Crippen LogP contribution < -0.4 is 0 Å². The van der Waals surface area contributed by atoms with Crippen LogP contribution in [0.1, 0.15) is 46.5 Å². The number of nitrogens with zero attached hydrogens (tertiary/aromatic N) is 1. The molecule has 1 heterocycles. The minimum Gasteiger partial charge on any atom is -0.481 e. The summed E-state index contributed by atoms with van der Waals surface area (Å²) >= 11 is 0. The van der Waals surface area contributed by atoms with Crippen LogP contribution in [0.2, 0.25) is 0 Å². The largest absolute Gasteiger partial charge is 0.481 e. The van der Waals surface area contributed by atoms with E-state index in [1.165, 1.54) is 0 Å². The maximum atomic E-state index is 12.0. The number of piperidine rings is 1. The first-order valence-electron chi connectivity index (χ1n) is 6.48. The van der Waals surface area contributed by atoms with Gasteiger partial charge in [-0.1, -0.05) is 20.3 Å². The summed E-state index contributed by atoms with van der Waals surface area (Å²) in [6, 6.07) is 0.0569. The highest BCUT2D eigenvalue weighted by Gasteiger charge is 2.32. The Balaban J connectivity index is 2.51. The molecular formula is C13H23NO3. The van der Waals surface area contributed by atoms with E-state index in [9.17, 15) is 9.59 Å². The quantitative estimate of drug-likeness (QED) is 0.820. The topological polar surface area (TPSA) is 57.6 Å². The Morgan fingerprint density at radius 2 is 2.12 bits per heavy atom. The molecule has 1 aliphatic heterocycles. The lowest BCUT2D eigenvalue weighted by Crippen LogP contribution is -2.46. The molecule has 1 rings (SSSR count). The van der Waals surface area contributed by atoms with Gasteiger partial charge in [-0.05, 0) is 25.7 Å². The first-order valence-corrected chi connectivity index (χ1v) is 6.48. The summed E-state index contributed by atoms with van der Waals surface area (Å²) in [5, 5.41) is 8.96. The van der Waals surface area contributed by atoms with Crippen LogP contribution in [-0.2, 0) is 9.59 Å². The predicted molar refractivity (Wildman–Crippen MR) is 65.6 cm³/mol. The van der Waals surface area contributed by atoms with Gasteiger partial charge in [-0.3, -0.25) is 9.59 Å². The van der Waals surface area contributed by atoms with Gasteiger partial charge in [0.05, 0.1) is 5.92 Å². The highest BCUT2D eigenvalue weighted by atomic mass is 16.4. The van der Waals surface area contributed by atoms with Crippen LogP contribution >= 0.6 is 0 Å². The highest BCUT2D eigenvalue weighted by molar-refractivity contribution is 5.77. The average Bonchev–Trinajstić information content (AvgIpc) is 2.28. The zero-order chi connectivity index (χ0) is 13.0. The lowest BCUT2D eigenvalue weighted by molar-refractivity contribution is -0.147. The molecule has 0 aliphatic carbocycles. The molecule has 1 fully saturated rings. The highest BCUT2D eigenvalue weighted by Crippen LogP contribution is 2.24. The minimum absolute atomic E-state index is 0.0569. The maximum absolute atomic E-state index is 12.0. The second-order valence-electron chi connectivity index (χ2n) is 5.21. The number of hydrogen-bond acceptors (Lipinski definition) is 2. The van der Waals surface area contributed by atoms with Gasteiger partial charge in [0, 0.05) is 19.0 Å². The summed E-state index contributed by atoms with van der Waals surface area (Å²) in [7, 11) is 0. The number of carbonyl (C=O) groups is 2. The van der Waals surface area contributed by atoms with Gasteiger partial charge in [-0.15, -0.1) is 0 Å². The summed E-state index contributed by atoms with van der Waals surface area (Å²) in [5.74, 6) is -0.425. The monoisotopic (exact) mass is 241 g/mol. The van der Waals surface area contributed by atoms with Crippen molar-refractivity contribution in [2.45, 2.75) is 52.5 Å². The molecule has 4 nitrogen and oxygen atoms in total. The van der Waals surface area contributed by atoms with E-state index in [1.807, 2.05) is 11.8 Å². The molecule has 0 spiro atoms. The molecular weight excluding hydrogens is 218 g/mol. The fourth-order valence-corrected chi connectivity index (χ4v) is 2.33. The second kappa shape index (κ2) is 6.03. The standard InChI is InChI=1S/C13H23NO3/c1-4-9(2)7-12(15)14-6-5-11(13(16)17)8-10(14)3/h9-11H,4-8H2,1-3H3,(H,16,17). The number of carbonyl (C=O) groups excluding carboxylic acids is 1. The third-order valence-corrected chi connectivity index (χ3v) is 3.77. The van der Waals surface area contributed by atoms with Crippen molar-refractivity contribution in [2.75, 3.05) is 6.54 Å². The van der Waals surface area contributed by atoms with Gasteiger partial charge in [0.25, 0.3) is 0 Å². The van der Waals surface area contributed by atoms with Crippen LogP contribution in [0.4, 0.5) is 0 Å². The van der Waals surface area contributed by atoms with Gasteiger partial charge in [-0.2, -0.15) is 0 Å². The Labute approximate surface area is 103 Å². The molecule has 1 saturated heterocycles. The number of likely N-dealkylation sites (tertiary alicyclic amines) is 1. The van der Waals surface area contributed by atoms with Crippen molar-refractivity contribution < 1.29 is 14.7 Å². The molecule has 1 N–H and O–H groups in total. The number of rotatable bonds is 4. The Hall–Kier alpha value is -1.06. The molecule has 1 amide bonds. The van der Waals surface area contributed by atoms with Crippen LogP contribution in [-0.4, -0.2) is 34.5 Å². The minimum atomic E-state index is -0.731. The molecule has 3 atom stereocenters. The smallest absolute Gasteiger partial charge is 0.306 e. The van der Waals surface area contributed by atoms with Crippen LogP contribution in [0.5, 0.6) is 0 Å². The van der Waals surface area contributed by atoms with Gasteiger partial charge in [-0.25, -0.2) is 0 Å². The van der Waals surface area contributed by atoms with Gasteiger partial charge < -0.3 is 10.0 Å². The van der Waals surface area contributed by atoms with Crippen LogP contribution in [0.15, 0.2) is 0 Å². The Kier molecular flexibility index (Phi) is 4.97. The van der Waals surface area contributed by atoms with E-state index in [0.29, 0.717) is 31.7 Å². The summed E-state index contributed by atoms with van der Waals surface area (Å²) < 4.78 is 0. The summed E-state index contributed by atoms with van der Waals surface area (Å²) in [6.07, 6.45) is 2.76. The maximum Gasteiger partial charge on any atom is 0.306 e. The van der Waals surface area contributed by atoms with Gasteiger partial charge in [0.1, 0.15) is 0 Å². The molecule has 17 heavy (non-hydrogen) atoms. The fourth-order valence-electron chi connectivity index (χ4n) is 2.33. The average molecular weight is 241 g/mol. The van der Waals surface area contributed by atoms with Crippen LogP contribution in [0, 0.1) is 11.8 Å². The van der Waals surface area contributed by atoms with Crippen molar-refractivity contribution in [3.8, 4) is 0 Å². The summed E-state index contributed by atoms with van der Waals surface area (Å²) in [6.45, 7) is 6.70. The summed E-state index contributed by atoms with van der Waals surface area (Å²) in [4.78, 5) is 24.8. The van der Waals surface area contributed by atoms with Crippen molar-refractivity contribution in [3.63, 3.8) is 0 Å². The van der Waals surface area contributed by atoms with Gasteiger partial charge in [0.2, 0.25) is 5.91 Å². The predicted octanol–water partition coefficient (Wildman–Crippen LogP) is 2.13. The van der Waals surface area contributed by atoms with E-state index in [-0.39, 0.29) is 17.9 Å². The molecule has 0 aromatic rings. The summed E-state index contributed by atoms with van der Waals surface area (Å²) in [5.41, 5.74) is 0. The van der Waals surface area contributed by atoms with Crippen molar-refractivity contribution in [3.05, 3.63) is 0 Å². The molecule has 0 aromatic heterocycles. The van der Waals surface area contributed by atoms with Gasteiger partial charge >= 0.3 is 5.97 Å². The third-order valence-electron chi connectivity index (χ3n) is 3.77. The first-order chi connectivity index (χ1) is 7.95.